The summed E-state index contributed by atoms with van der Waals surface area (Å²) in [6.07, 6.45) is 40.8. The van der Waals surface area contributed by atoms with Crippen molar-refractivity contribution in [2.75, 3.05) is 41.0 Å². The van der Waals surface area contributed by atoms with Gasteiger partial charge < -0.3 is 28.6 Å². The lowest BCUT2D eigenvalue weighted by Gasteiger charge is -2.34. The maximum Gasteiger partial charge on any atom is 0.306 e. The molecule has 0 aromatic rings. The molecule has 0 radical (unpaired) electrons. The predicted molar refractivity (Wildman–Crippen MR) is 222 cm³/mol. The van der Waals surface area contributed by atoms with Crippen LogP contribution >= 0.6 is 0 Å². The number of carbonyl (C=O) groups is 3. The van der Waals surface area contributed by atoms with Gasteiger partial charge in [-0.2, -0.15) is 0 Å². The fraction of sp³-hybridized carbons (Fsp3) is 0.848. The molecule has 316 valence electrons. The number of carboxylic acid groups (broad SMARTS) is 1. The van der Waals surface area contributed by atoms with E-state index in [0.29, 0.717) is 12.8 Å². The maximum absolute atomic E-state index is 12.6. The fourth-order valence-corrected chi connectivity index (χ4v) is 6.54. The largest absolute Gasteiger partial charge is 0.544 e. The molecule has 0 bridgehead atoms. The van der Waals surface area contributed by atoms with Crippen molar-refractivity contribution < 1.29 is 38.2 Å². The number of esters is 2. The van der Waals surface area contributed by atoms with Crippen molar-refractivity contribution in [3.8, 4) is 0 Å². The van der Waals surface area contributed by atoms with Crippen LogP contribution in [-0.4, -0.2) is 75.5 Å². The fourth-order valence-electron chi connectivity index (χ4n) is 6.54. The lowest BCUT2D eigenvalue weighted by atomic mass is 10.1. The average molecular weight is 764 g/mol. The van der Waals surface area contributed by atoms with Crippen molar-refractivity contribution in [3.63, 3.8) is 0 Å². The molecule has 0 N–H and O–H groups in total. The van der Waals surface area contributed by atoms with Gasteiger partial charge in [-0.1, -0.05) is 147 Å². The number of hydrogen-bond donors (Lipinski definition) is 0. The quantitative estimate of drug-likeness (QED) is 0.0265. The van der Waals surface area contributed by atoms with E-state index >= 15 is 0 Å². The Labute approximate surface area is 332 Å². The highest BCUT2D eigenvalue weighted by atomic mass is 16.6. The number of rotatable bonds is 40. The van der Waals surface area contributed by atoms with Crippen LogP contribution in [0.3, 0.4) is 0 Å². The van der Waals surface area contributed by atoms with E-state index in [1.807, 2.05) is 0 Å². The van der Waals surface area contributed by atoms with Gasteiger partial charge in [-0.25, -0.2) is 0 Å². The summed E-state index contributed by atoms with van der Waals surface area (Å²) in [6, 6.07) is -0.727. The summed E-state index contributed by atoms with van der Waals surface area (Å²) >= 11 is 0. The average Bonchev–Trinajstić information content (AvgIpc) is 3.12. The highest BCUT2D eigenvalue weighted by Crippen LogP contribution is 2.14. The molecular formula is C46H85NO7. The van der Waals surface area contributed by atoms with Crippen molar-refractivity contribution in [3.05, 3.63) is 24.3 Å². The van der Waals surface area contributed by atoms with Crippen LogP contribution in [0.5, 0.6) is 0 Å². The first-order valence-electron chi connectivity index (χ1n) is 22.4. The van der Waals surface area contributed by atoms with E-state index in [-0.39, 0.29) is 49.1 Å². The van der Waals surface area contributed by atoms with Gasteiger partial charge in [0.25, 0.3) is 0 Å². The van der Waals surface area contributed by atoms with Gasteiger partial charge in [-0.3, -0.25) is 9.59 Å². The summed E-state index contributed by atoms with van der Waals surface area (Å²) < 4.78 is 17.1. The van der Waals surface area contributed by atoms with Crippen LogP contribution in [0.2, 0.25) is 0 Å². The molecule has 0 fully saturated rings. The van der Waals surface area contributed by atoms with Crippen LogP contribution in [0.15, 0.2) is 24.3 Å². The molecule has 2 unspecified atom stereocenters. The zero-order valence-electron chi connectivity index (χ0n) is 35.9. The minimum Gasteiger partial charge on any atom is -0.544 e. The molecule has 0 aliphatic rings. The third kappa shape index (κ3) is 35.5. The summed E-state index contributed by atoms with van der Waals surface area (Å²) in [5.74, 6) is -1.78. The first-order valence-corrected chi connectivity index (χ1v) is 22.4. The van der Waals surface area contributed by atoms with Crippen molar-refractivity contribution >= 4 is 17.9 Å². The first-order chi connectivity index (χ1) is 26.1. The molecule has 8 nitrogen and oxygen atoms in total. The second-order valence-electron chi connectivity index (χ2n) is 16.3. The Hall–Kier alpha value is -2.19. The molecule has 0 spiro atoms. The van der Waals surface area contributed by atoms with Gasteiger partial charge in [0.2, 0.25) is 0 Å². The van der Waals surface area contributed by atoms with Gasteiger partial charge in [-0.15, -0.1) is 0 Å². The van der Waals surface area contributed by atoms with Crippen molar-refractivity contribution in [1.29, 1.82) is 0 Å². The lowest BCUT2D eigenvalue weighted by Crippen LogP contribution is -2.55. The first kappa shape index (κ1) is 51.8. The second-order valence-corrected chi connectivity index (χ2v) is 16.3. The normalized spacial score (nSPS) is 13.1. The second kappa shape index (κ2) is 37.7. The number of allylic oxidation sites excluding steroid dienone is 4. The third-order valence-corrected chi connectivity index (χ3v) is 10.1. The van der Waals surface area contributed by atoms with Crippen molar-refractivity contribution in [1.82, 2.24) is 0 Å². The van der Waals surface area contributed by atoms with E-state index in [1.165, 1.54) is 128 Å². The third-order valence-electron chi connectivity index (χ3n) is 10.1. The van der Waals surface area contributed by atoms with Gasteiger partial charge in [0, 0.05) is 19.3 Å². The monoisotopic (exact) mass is 764 g/mol. The van der Waals surface area contributed by atoms with Crippen LogP contribution in [0.25, 0.3) is 0 Å². The molecule has 0 saturated heterocycles. The Balaban J connectivity index is 4.21. The molecule has 54 heavy (non-hydrogen) atoms. The highest BCUT2D eigenvalue weighted by molar-refractivity contribution is 5.70. The molecule has 0 aliphatic heterocycles. The summed E-state index contributed by atoms with van der Waals surface area (Å²) in [4.78, 5) is 36.7. The SMILES string of the molecule is CCCCCC/C=C/CCCC(=O)OC(COCCC(C(=O)[O-])[N+](C)(C)C)COC(=O)CCCCCCCCC/C=C/CCCCCCCCCCCC. The van der Waals surface area contributed by atoms with E-state index in [0.717, 1.165) is 32.1 Å². The standard InChI is InChI=1S/C46H85NO7/c1-6-8-10-12-14-16-17-18-19-20-21-22-23-24-25-26-27-29-30-32-34-36-44(48)53-41-42(40-52-39-38-43(46(50)51)47(3,4)5)54-45(49)37-35-33-31-28-15-13-11-9-7-2/h22-23,28,31,42-43H,6-21,24-27,29-30,32-41H2,1-5H3/b23-22+,31-28+. The summed E-state index contributed by atoms with van der Waals surface area (Å²) in [5, 5.41) is 11.6. The Morgan fingerprint density at radius 1 is 0.537 bits per heavy atom. The molecule has 0 aliphatic carbocycles. The van der Waals surface area contributed by atoms with Crippen molar-refractivity contribution in [2.45, 2.75) is 212 Å². The molecule has 0 saturated carbocycles. The molecule has 0 aromatic heterocycles. The molecule has 2 atom stereocenters. The number of quaternary nitrogens is 1. The van der Waals surface area contributed by atoms with Gasteiger partial charge >= 0.3 is 11.9 Å². The van der Waals surface area contributed by atoms with Gasteiger partial charge in [0.05, 0.1) is 40.3 Å². The number of ether oxygens (including phenoxy) is 3. The minimum atomic E-state index is -1.13. The van der Waals surface area contributed by atoms with Crippen LogP contribution in [-0.2, 0) is 28.6 Å². The Morgan fingerprint density at radius 3 is 1.41 bits per heavy atom. The summed E-state index contributed by atoms with van der Waals surface area (Å²) in [5.41, 5.74) is 0. The predicted octanol–water partition coefficient (Wildman–Crippen LogP) is 10.7. The highest BCUT2D eigenvalue weighted by Gasteiger charge is 2.25. The summed E-state index contributed by atoms with van der Waals surface area (Å²) in [7, 11) is 5.39. The number of aliphatic carboxylic acids is 1. The molecule has 0 heterocycles. The van der Waals surface area contributed by atoms with E-state index in [2.05, 4.69) is 38.2 Å². The molecule has 0 amide bonds. The van der Waals surface area contributed by atoms with Gasteiger partial charge in [-0.05, 0) is 57.8 Å². The van der Waals surface area contributed by atoms with Crippen LogP contribution in [0, 0.1) is 0 Å². The van der Waals surface area contributed by atoms with Crippen LogP contribution < -0.4 is 5.11 Å². The Kier molecular flexibility index (Phi) is 36.2. The molecule has 0 aromatic carbocycles. The molecule has 8 heteroatoms. The Morgan fingerprint density at radius 2 is 0.944 bits per heavy atom. The van der Waals surface area contributed by atoms with Gasteiger partial charge in [0.1, 0.15) is 12.6 Å². The smallest absolute Gasteiger partial charge is 0.306 e. The maximum atomic E-state index is 12.6. The van der Waals surface area contributed by atoms with Crippen LogP contribution in [0.4, 0.5) is 0 Å². The topological polar surface area (TPSA) is 102 Å². The van der Waals surface area contributed by atoms with E-state index < -0.39 is 18.1 Å². The Bertz CT molecular complexity index is 942. The number of unbranched alkanes of at least 4 members (excludes halogenated alkanes) is 22. The van der Waals surface area contributed by atoms with Crippen molar-refractivity contribution in [2.24, 2.45) is 0 Å². The lowest BCUT2D eigenvalue weighted by molar-refractivity contribution is -0.889. The van der Waals surface area contributed by atoms with E-state index in [4.69, 9.17) is 14.2 Å². The molecular weight excluding hydrogens is 679 g/mol. The number of hydrogen-bond acceptors (Lipinski definition) is 7. The number of carbonyl (C=O) groups excluding carboxylic acids is 3. The summed E-state index contributed by atoms with van der Waals surface area (Å²) in [6.45, 7) is 4.60. The van der Waals surface area contributed by atoms with Gasteiger partial charge in [0.15, 0.2) is 6.10 Å². The minimum absolute atomic E-state index is 0.0305. The van der Waals surface area contributed by atoms with E-state index in [9.17, 15) is 19.5 Å². The number of likely N-dealkylation sites (N-methyl/N-ethyl adjacent to an activating group) is 1. The zero-order valence-corrected chi connectivity index (χ0v) is 35.9. The van der Waals surface area contributed by atoms with Crippen LogP contribution in [0.1, 0.15) is 200 Å². The molecule has 0 rings (SSSR count). The van der Waals surface area contributed by atoms with E-state index in [1.54, 1.807) is 21.1 Å². The number of carboxylic acids is 1. The zero-order chi connectivity index (χ0) is 40.0. The number of nitrogens with zero attached hydrogens (tertiary/aromatic N) is 1.